The number of nitrogens with zero attached hydrogens (tertiary/aromatic N) is 1. The Bertz CT molecular complexity index is 758. The van der Waals surface area contributed by atoms with Gasteiger partial charge in [0.1, 0.15) is 0 Å². The number of unbranched alkanes of at least 4 members (excludes halogenated alkanes) is 1. The quantitative estimate of drug-likeness (QED) is 0.743. The van der Waals surface area contributed by atoms with Gasteiger partial charge < -0.3 is 15.3 Å². The molecular weight excluding hydrogens is 352 g/mol. The fourth-order valence-corrected chi connectivity index (χ4v) is 4.18. The van der Waals surface area contributed by atoms with Crippen LogP contribution < -0.4 is 5.32 Å². The molecule has 0 bridgehead atoms. The van der Waals surface area contributed by atoms with Gasteiger partial charge in [-0.05, 0) is 37.0 Å². The number of hydrogen-bond acceptors (Lipinski definition) is 3. The molecule has 1 heterocycles. The van der Waals surface area contributed by atoms with E-state index in [4.69, 9.17) is 0 Å². The average Bonchev–Trinajstić information content (AvgIpc) is 2.60. The van der Waals surface area contributed by atoms with Crippen molar-refractivity contribution in [3.8, 4) is 11.8 Å². The topological polar surface area (TPSA) is 69.6 Å². The van der Waals surface area contributed by atoms with E-state index in [-0.39, 0.29) is 42.3 Å². The second-order valence-electron chi connectivity index (χ2n) is 7.82. The zero-order chi connectivity index (χ0) is 20.1. The van der Waals surface area contributed by atoms with Crippen LogP contribution in [0.25, 0.3) is 0 Å². The van der Waals surface area contributed by atoms with E-state index < -0.39 is 0 Å². The van der Waals surface area contributed by atoms with Gasteiger partial charge in [0.2, 0.25) is 11.8 Å². The predicted octanol–water partition coefficient (Wildman–Crippen LogP) is 2.43. The molecule has 1 aromatic rings. The van der Waals surface area contributed by atoms with E-state index in [1.165, 1.54) is 6.92 Å². The third-order valence-corrected chi connectivity index (χ3v) is 5.96. The number of amides is 2. The van der Waals surface area contributed by atoms with Gasteiger partial charge in [-0.15, -0.1) is 0 Å². The Kier molecular flexibility index (Phi) is 6.74. The molecule has 2 fully saturated rings. The van der Waals surface area contributed by atoms with Gasteiger partial charge in [0.25, 0.3) is 0 Å². The third kappa shape index (κ3) is 4.23. The van der Waals surface area contributed by atoms with Crippen molar-refractivity contribution >= 4 is 11.8 Å². The summed E-state index contributed by atoms with van der Waals surface area (Å²) in [6.45, 7) is 3.96. The zero-order valence-electron chi connectivity index (χ0n) is 16.8. The first-order chi connectivity index (χ1) is 13.6. The van der Waals surface area contributed by atoms with Crippen LogP contribution in [-0.4, -0.2) is 47.1 Å². The summed E-state index contributed by atoms with van der Waals surface area (Å²) in [7, 11) is 0. The summed E-state index contributed by atoms with van der Waals surface area (Å²) in [5.74, 6) is 6.45. The second-order valence-corrected chi connectivity index (χ2v) is 7.82. The number of rotatable bonds is 6. The lowest BCUT2D eigenvalue weighted by Crippen LogP contribution is -2.68. The average molecular weight is 383 g/mol. The van der Waals surface area contributed by atoms with E-state index in [2.05, 4.69) is 24.1 Å². The summed E-state index contributed by atoms with van der Waals surface area (Å²) in [4.78, 5) is 26.1. The van der Waals surface area contributed by atoms with Gasteiger partial charge >= 0.3 is 0 Å². The lowest BCUT2D eigenvalue weighted by Gasteiger charge is -2.54. The van der Waals surface area contributed by atoms with Crippen LogP contribution in [0, 0.1) is 17.8 Å². The number of hydrogen-bond donors (Lipinski definition) is 2. The molecule has 1 saturated heterocycles. The van der Waals surface area contributed by atoms with Gasteiger partial charge in [0, 0.05) is 37.3 Å². The molecule has 0 radical (unpaired) electrons. The smallest absolute Gasteiger partial charge is 0.223 e. The molecule has 5 nitrogen and oxygen atoms in total. The van der Waals surface area contributed by atoms with Crippen molar-refractivity contribution in [1.82, 2.24) is 10.2 Å². The first-order valence-corrected chi connectivity index (χ1v) is 10.3. The van der Waals surface area contributed by atoms with Crippen LogP contribution in [0.5, 0.6) is 0 Å². The minimum absolute atomic E-state index is 0.00763. The van der Waals surface area contributed by atoms with Crippen molar-refractivity contribution < 1.29 is 14.7 Å². The van der Waals surface area contributed by atoms with Crippen molar-refractivity contribution in [2.24, 2.45) is 5.92 Å². The van der Waals surface area contributed by atoms with Crippen LogP contribution in [-0.2, 0) is 9.59 Å². The summed E-state index contributed by atoms with van der Waals surface area (Å²) >= 11 is 0. The van der Waals surface area contributed by atoms with Crippen molar-refractivity contribution in [1.29, 1.82) is 0 Å². The van der Waals surface area contributed by atoms with E-state index in [1.54, 1.807) is 4.90 Å². The van der Waals surface area contributed by atoms with Gasteiger partial charge in [-0.3, -0.25) is 9.59 Å². The number of aliphatic hydroxyl groups is 1. The van der Waals surface area contributed by atoms with Crippen molar-refractivity contribution in [2.75, 3.05) is 13.2 Å². The highest BCUT2D eigenvalue weighted by Gasteiger charge is 2.50. The molecule has 3 atom stereocenters. The van der Waals surface area contributed by atoms with Crippen molar-refractivity contribution in [3.63, 3.8) is 0 Å². The molecule has 0 spiro atoms. The van der Waals surface area contributed by atoms with Gasteiger partial charge in [0.05, 0.1) is 18.7 Å². The SMILES string of the molecule is CCCC#Cc1ccc([C@H]2[C@@H](CO)N(C(C)=O)[C@H]2CNC(=O)C2CCC2)cc1. The summed E-state index contributed by atoms with van der Waals surface area (Å²) in [5, 5.41) is 12.9. The van der Waals surface area contributed by atoms with Crippen molar-refractivity contribution in [3.05, 3.63) is 35.4 Å². The number of carbonyl (C=O) groups excluding carboxylic acids is 2. The van der Waals surface area contributed by atoms with Crippen LogP contribution in [0.2, 0.25) is 0 Å². The first kappa shape index (κ1) is 20.4. The largest absolute Gasteiger partial charge is 0.394 e. The van der Waals surface area contributed by atoms with Gasteiger partial charge in [-0.1, -0.05) is 37.3 Å². The summed E-state index contributed by atoms with van der Waals surface area (Å²) in [6.07, 6.45) is 4.95. The molecule has 1 saturated carbocycles. The summed E-state index contributed by atoms with van der Waals surface area (Å²) in [6, 6.07) is 7.67. The Morgan fingerprint density at radius 2 is 1.93 bits per heavy atom. The van der Waals surface area contributed by atoms with Crippen LogP contribution in [0.3, 0.4) is 0 Å². The Balaban J connectivity index is 1.72. The molecule has 2 amide bonds. The molecule has 28 heavy (non-hydrogen) atoms. The predicted molar refractivity (Wildman–Crippen MR) is 109 cm³/mol. The van der Waals surface area contributed by atoms with E-state index in [0.717, 1.165) is 43.2 Å². The standard InChI is InChI=1S/C23H30N2O3/c1-3-4-5-7-17-10-12-18(13-11-17)22-20(25(16(2)27)21(22)15-26)14-24-23(28)19-8-6-9-19/h10-13,19-22,26H,3-4,6,8-9,14-15H2,1-2H3,(H,24,28)/t20-,21+,22+/m0/s1. The Morgan fingerprint density at radius 1 is 1.21 bits per heavy atom. The Labute approximate surface area is 167 Å². The number of nitrogens with one attached hydrogen (secondary N) is 1. The minimum atomic E-state index is -0.250. The van der Waals surface area contributed by atoms with Crippen molar-refractivity contribution in [2.45, 2.75) is 64.0 Å². The van der Waals surface area contributed by atoms with E-state index in [0.29, 0.717) is 6.54 Å². The fraction of sp³-hybridized carbons (Fsp3) is 0.565. The highest BCUT2D eigenvalue weighted by molar-refractivity contribution is 5.80. The maximum atomic E-state index is 12.2. The number of benzene rings is 1. The monoisotopic (exact) mass is 382 g/mol. The van der Waals surface area contributed by atoms with Gasteiger partial charge in [-0.25, -0.2) is 0 Å². The fourth-order valence-electron chi connectivity index (χ4n) is 4.18. The third-order valence-electron chi connectivity index (χ3n) is 5.96. The molecule has 2 N–H and O–H groups in total. The summed E-state index contributed by atoms with van der Waals surface area (Å²) in [5.41, 5.74) is 2.04. The molecule has 150 valence electrons. The van der Waals surface area contributed by atoms with Crippen LogP contribution in [0.4, 0.5) is 0 Å². The minimum Gasteiger partial charge on any atom is -0.394 e. The molecule has 2 aliphatic rings. The maximum Gasteiger partial charge on any atom is 0.223 e. The highest BCUT2D eigenvalue weighted by Crippen LogP contribution is 2.40. The molecule has 5 heteroatoms. The molecule has 3 rings (SSSR count). The van der Waals surface area contributed by atoms with Crippen LogP contribution >= 0.6 is 0 Å². The maximum absolute atomic E-state index is 12.2. The molecule has 1 aliphatic heterocycles. The van der Waals surface area contributed by atoms with E-state index >= 15 is 0 Å². The van der Waals surface area contributed by atoms with E-state index in [9.17, 15) is 14.7 Å². The molecule has 1 aromatic carbocycles. The lowest BCUT2D eigenvalue weighted by molar-refractivity contribution is -0.149. The molecule has 1 aliphatic carbocycles. The lowest BCUT2D eigenvalue weighted by atomic mass is 9.74. The highest BCUT2D eigenvalue weighted by atomic mass is 16.3. The molecule has 0 unspecified atom stereocenters. The number of carbonyl (C=O) groups is 2. The molecular formula is C23H30N2O3. The Hall–Kier alpha value is -2.32. The first-order valence-electron chi connectivity index (χ1n) is 10.3. The zero-order valence-corrected chi connectivity index (χ0v) is 16.8. The number of likely N-dealkylation sites (tertiary alicyclic amines) is 1. The number of aliphatic hydroxyl groups excluding tert-OH is 1. The molecule has 0 aromatic heterocycles. The van der Waals surface area contributed by atoms with Gasteiger partial charge in [0.15, 0.2) is 0 Å². The van der Waals surface area contributed by atoms with Crippen LogP contribution in [0.15, 0.2) is 24.3 Å². The Morgan fingerprint density at radius 3 is 2.46 bits per heavy atom. The second kappa shape index (κ2) is 9.25. The van der Waals surface area contributed by atoms with E-state index in [1.807, 2.05) is 24.3 Å². The van der Waals surface area contributed by atoms with Crippen LogP contribution in [0.1, 0.15) is 63.0 Å². The van der Waals surface area contributed by atoms with Gasteiger partial charge in [-0.2, -0.15) is 0 Å². The summed E-state index contributed by atoms with van der Waals surface area (Å²) < 4.78 is 0. The normalized spacial score (nSPS) is 23.8.